The van der Waals surface area contributed by atoms with E-state index in [2.05, 4.69) is 15.3 Å². The van der Waals surface area contributed by atoms with Crippen LogP contribution in [0, 0.1) is 12.7 Å². The fourth-order valence-corrected chi connectivity index (χ4v) is 2.50. The van der Waals surface area contributed by atoms with Crippen LogP contribution in [0.15, 0.2) is 24.7 Å². The van der Waals surface area contributed by atoms with Gasteiger partial charge in [0.15, 0.2) is 0 Å². The summed E-state index contributed by atoms with van der Waals surface area (Å²) in [6.07, 6.45) is 4.60. The number of hydrogen-bond donors (Lipinski definition) is 1. The first-order valence-corrected chi connectivity index (χ1v) is 5.73. The average Bonchev–Trinajstić information content (AvgIpc) is 2.69. The number of thiazole rings is 1. The molecule has 0 aliphatic carbocycles. The first-order chi connectivity index (χ1) is 7.72. The van der Waals surface area contributed by atoms with Crippen LogP contribution in [0.5, 0.6) is 0 Å². The van der Waals surface area contributed by atoms with Crippen LogP contribution in [-0.4, -0.2) is 17.0 Å². The number of hydrogen-bond acceptors (Lipinski definition) is 4. The van der Waals surface area contributed by atoms with Crippen molar-refractivity contribution in [1.82, 2.24) is 15.3 Å². The molecule has 1 N–H and O–H groups in total. The zero-order chi connectivity index (χ0) is 11.5. The second-order valence-corrected chi connectivity index (χ2v) is 4.67. The Balaban J connectivity index is 2.40. The summed E-state index contributed by atoms with van der Waals surface area (Å²) >= 11 is 1.56. The Hall–Kier alpha value is -1.33. The predicted octanol–water partition coefficient (Wildman–Crippen LogP) is 2.29. The first-order valence-electron chi connectivity index (χ1n) is 4.91. The van der Waals surface area contributed by atoms with Gasteiger partial charge in [-0.25, -0.2) is 9.37 Å². The molecule has 0 saturated heterocycles. The maximum atomic E-state index is 13.6. The molecule has 84 valence electrons. The standard InChI is InChI=1S/C11H12FN3S/c1-7-15-6-10(16-7)11(13-2)8-3-4-14-5-9(8)12/h3-6,11,13H,1-2H3. The van der Waals surface area contributed by atoms with Crippen LogP contribution in [0.3, 0.4) is 0 Å². The van der Waals surface area contributed by atoms with Crippen molar-refractivity contribution in [3.8, 4) is 0 Å². The molecule has 0 bridgehead atoms. The summed E-state index contributed by atoms with van der Waals surface area (Å²) in [7, 11) is 1.81. The van der Waals surface area contributed by atoms with Crippen LogP contribution >= 0.6 is 11.3 Å². The fraction of sp³-hybridized carbons (Fsp3) is 0.273. The molecule has 5 heteroatoms. The van der Waals surface area contributed by atoms with Gasteiger partial charge in [0, 0.05) is 22.8 Å². The molecule has 0 spiro atoms. The minimum Gasteiger partial charge on any atom is -0.309 e. The van der Waals surface area contributed by atoms with Crippen molar-refractivity contribution >= 4 is 11.3 Å². The first kappa shape index (κ1) is 11.2. The summed E-state index contributed by atoms with van der Waals surface area (Å²) in [4.78, 5) is 8.93. The molecule has 0 saturated carbocycles. The second kappa shape index (κ2) is 4.67. The van der Waals surface area contributed by atoms with Crippen LogP contribution in [0.4, 0.5) is 4.39 Å². The van der Waals surface area contributed by atoms with Gasteiger partial charge in [0.25, 0.3) is 0 Å². The quantitative estimate of drug-likeness (QED) is 0.890. The van der Waals surface area contributed by atoms with Crippen molar-refractivity contribution in [3.63, 3.8) is 0 Å². The summed E-state index contributed by atoms with van der Waals surface area (Å²) in [5.74, 6) is -0.298. The van der Waals surface area contributed by atoms with E-state index in [4.69, 9.17) is 0 Å². The Morgan fingerprint density at radius 1 is 1.44 bits per heavy atom. The summed E-state index contributed by atoms with van der Waals surface area (Å²) < 4.78 is 13.6. The molecule has 2 aromatic rings. The third-order valence-electron chi connectivity index (χ3n) is 2.33. The highest BCUT2D eigenvalue weighted by molar-refractivity contribution is 7.11. The van der Waals surface area contributed by atoms with Gasteiger partial charge in [-0.2, -0.15) is 0 Å². The van der Waals surface area contributed by atoms with E-state index in [1.54, 1.807) is 36.8 Å². The fourth-order valence-electron chi connectivity index (χ4n) is 1.58. The minimum absolute atomic E-state index is 0.158. The maximum Gasteiger partial charge on any atom is 0.146 e. The van der Waals surface area contributed by atoms with E-state index in [1.165, 1.54) is 6.20 Å². The van der Waals surface area contributed by atoms with Crippen molar-refractivity contribution in [3.05, 3.63) is 45.9 Å². The SMILES string of the molecule is CNC(c1cnc(C)s1)c1ccncc1F. The number of halogens is 1. The zero-order valence-corrected chi connectivity index (χ0v) is 9.88. The van der Waals surface area contributed by atoms with Crippen LogP contribution in [-0.2, 0) is 0 Å². The summed E-state index contributed by atoms with van der Waals surface area (Å²) in [6.45, 7) is 1.93. The Morgan fingerprint density at radius 3 is 2.81 bits per heavy atom. The van der Waals surface area contributed by atoms with Gasteiger partial charge in [0.1, 0.15) is 5.82 Å². The number of nitrogens with zero attached hydrogens (tertiary/aromatic N) is 2. The Kier molecular flexibility index (Phi) is 3.26. The highest BCUT2D eigenvalue weighted by Gasteiger charge is 2.17. The van der Waals surface area contributed by atoms with E-state index in [0.29, 0.717) is 5.56 Å². The molecule has 0 aromatic carbocycles. The van der Waals surface area contributed by atoms with E-state index in [1.807, 2.05) is 6.92 Å². The average molecular weight is 237 g/mol. The van der Waals surface area contributed by atoms with Crippen molar-refractivity contribution in [1.29, 1.82) is 0 Å². The molecular formula is C11H12FN3S. The van der Waals surface area contributed by atoms with Gasteiger partial charge in [-0.1, -0.05) is 0 Å². The highest BCUT2D eigenvalue weighted by Crippen LogP contribution is 2.27. The maximum absolute atomic E-state index is 13.6. The van der Waals surface area contributed by atoms with Gasteiger partial charge in [0.05, 0.1) is 17.2 Å². The smallest absolute Gasteiger partial charge is 0.146 e. The van der Waals surface area contributed by atoms with Crippen molar-refractivity contribution in [2.45, 2.75) is 13.0 Å². The van der Waals surface area contributed by atoms with Crippen LogP contribution in [0.2, 0.25) is 0 Å². The topological polar surface area (TPSA) is 37.8 Å². The molecule has 0 amide bonds. The van der Waals surface area contributed by atoms with E-state index >= 15 is 0 Å². The summed E-state index contributed by atoms with van der Waals surface area (Å²) in [6, 6.07) is 1.53. The van der Waals surface area contributed by atoms with Crippen molar-refractivity contribution in [2.75, 3.05) is 7.05 Å². The van der Waals surface area contributed by atoms with Crippen LogP contribution in [0.25, 0.3) is 0 Å². The number of aryl methyl sites for hydroxylation is 1. The lowest BCUT2D eigenvalue weighted by Gasteiger charge is -2.14. The third kappa shape index (κ3) is 2.10. The van der Waals surface area contributed by atoms with E-state index in [-0.39, 0.29) is 11.9 Å². The minimum atomic E-state index is -0.298. The molecule has 2 rings (SSSR count). The molecule has 3 nitrogen and oxygen atoms in total. The number of nitrogens with one attached hydrogen (secondary N) is 1. The molecule has 1 atom stereocenters. The van der Waals surface area contributed by atoms with Crippen LogP contribution < -0.4 is 5.32 Å². The van der Waals surface area contributed by atoms with Gasteiger partial charge in [0.2, 0.25) is 0 Å². The Bertz CT molecular complexity index is 484. The summed E-state index contributed by atoms with van der Waals surface area (Å²) in [5.41, 5.74) is 0.598. The lowest BCUT2D eigenvalue weighted by molar-refractivity contribution is 0.573. The number of rotatable bonds is 3. The monoisotopic (exact) mass is 237 g/mol. The largest absolute Gasteiger partial charge is 0.309 e. The van der Waals surface area contributed by atoms with E-state index < -0.39 is 0 Å². The van der Waals surface area contributed by atoms with Gasteiger partial charge >= 0.3 is 0 Å². The van der Waals surface area contributed by atoms with Gasteiger partial charge < -0.3 is 5.32 Å². The molecule has 16 heavy (non-hydrogen) atoms. The highest BCUT2D eigenvalue weighted by atomic mass is 32.1. The molecule has 0 radical (unpaired) electrons. The Labute approximate surface area is 97.4 Å². The molecule has 0 aliphatic rings. The van der Waals surface area contributed by atoms with Crippen LogP contribution in [0.1, 0.15) is 21.5 Å². The molecule has 0 fully saturated rings. The van der Waals surface area contributed by atoms with E-state index in [9.17, 15) is 4.39 Å². The third-order valence-corrected chi connectivity index (χ3v) is 3.30. The molecule has 2 heterocycles. The normalized spacial score (nSPS) is 12.7. The van der Waals surface area contributed by atoms with E-state index in [0.717, 1.165) is 9.88 Å². The van der Waals surface area contributed by atoms with Gasteiger partial charge in [-0.3, -0.25) is 4.98 Å². The predicted molar refractivity (Wildman–Crippen MR) is 61.9 cm³/mol. The van der Waals surface area contributed by atoms with Gasteiger partial charge in [-0.15, -0.1) is 11.3 Å². The van der Waals surface area contributed by atoms with Crippen molar-refractivity contribution < 1.29 is 4.39 Å². The lowest BCUT2D eigenvalue weighted by Crippen LogP contribution is -2.17. The summed E-state index contributed by atoms with van der Waals surface area (Å²) in [5, 5.41) is 4.07. The number of pyridine rings is 1. The molecule has 0 aliphatic heterocycles. The number of aromatic nitrogens is 2. The molecule has 2 aromatic heterocycles. The molecular weight excluding hydrogens is 225 g/mol. The second-order valence-electron chi connectivity index (χ2n) is 3.40. The molecule has 1 unspecified atom stereocenters. The van der Waals surface area contributed by atoms with Gasteiger partial charge in [-0.05, 0) is 20.0 Å². The zero-order valence-electron chi connectivity index (χ0n) is 9.07. The van der Waals surface area contributed by atoms with Crippen molar-refractivity contribution in [2.24, 2.45) is 0 Å². The lowest BCUT2D eigenvalue weighted by atomic mass is 10.1. The Morgan fingerprint density at radius 2 is 2.25 bits per heavy atom.